The van der Waals surface area contributed by atoms with E-state index < -0.39 is 5.62 Å². The molecule has 6 nitrogen and oxygen atoms in total. The lowest BCUT2D eigenvalue weighted by Gasteiger charge is -2.08. The Morgan fingerprint density at radius 2 is 2.06 bits per heavy atom. The second-order valence-electron chi connectivity index (χ2n) is 3.33. The van der Waals surface area contributed by atoms with Gasteiger partial charge >= 0.3 is 0 Å². The van der Waals surface area contributed by atoms with Crippen molar-refractivity contribution >= 4 is 29.0 Å². The fourth-order valence-electron chi connectivity index (χ4n) is 1.22. The standard InChI is InChI=1S/C10H8Cl2N4O2/c11-5-1-2-7(6(12)3-5)18-9-4-8(13)16(17)10(14)15-9/h1-4,14,17H,13H2. The third-order valence-electron chi connectivity index (χ3n) is 2.04. The molecule has 0 spiro atoms. The highest BCUT2D eigenvalue weighted by molar-refractivity contribution is 6.35. The topological polar surface area (TPSA) is 97.1 Å². The van der Waals surface area contributed by atoms with Crippen LogP contribution in [0.2, 0.25) is 10.0 Å². The number of hydrogen-bond donors (Lipinski definition) is 3. The zero-order valence-corrected chi connectivity index (χ0v) is 10.4. The van der Waals surface area contributed by atoms with Gasteiger partial charge in [-0.25, -0.2) is 0 Å². The first-order valence-electron chi connectivity index (χ1n) is 4.73. The van der Waals surface area contributed by atoms with Gasteiger partial charge in [0.15, 0.2) is 0 Å². The van der Waals surface area contributed by atoms with E-state index in [9.17, 15) is 5.21 Å². The molecule has 0 aliphatic heterocycles. The van der Waals surface area contributed by atoms with E-state index in [2.05, 4.69) is 4.98 Å². The van der Waals surface area contributed by atoms with Crippen molar-refractivity contribution in [2.45, 2.75) is 0 Å². The first-order valence-corrected chi connectivity index (χ1v) is 5.49. The lowest BCUT2D eigenvalue weighted by Crippen LogP contribution is -2.23. The van der Waals surface area contributed by atoms with Crippen LogP contribution in [0.5, 0.6) is 11.6 Å². The Bertz CT molecular complexity index is 657. The fraction of sp³-hybridized carbons (Fsp3) is 0. The fourth-order valence-corrected chi connectivity index (χ4v) is 1.66. The summed E-state index contributed by atoms with van der Waals surface area (Å²) in [7, 11) is 0. The second-order valence-corrected chi connectivity index (χ2v) is 4.18. The van der Waals surface area contributed by atoms with E-state index in [-0.39, 0.29) is 11.7 Å². The van der Waals surface area contributed by atoms with Crippen molar-refractivity contribution in [3.05, 3.63) is 39.9 Å². The van der Waals surface area contributed by atoms with Crippen LogP contribution in [0, 0.1) is 5.41 Å². The van der Waals surface area contributed by atoms with Crippen molar-refractivity contribution in [1.82, 2.24) is 9.71 Å². The maximum Gasteiger partial charge on any atom is 0.260 e. The summed E-state index contributed by atoms with van der Waals surface area (Å²) in [6.45, 7) is 0. The van der Waals surface area contributed by atoms with E-state index in [4.69, 9.17) is 39.1 Å². The third kappa shape index (κ3) is 2.49. The Balaban J connectivity index is 2.37. The first-order chi connectivity index (χ1) is 8.47. The van der Waals surface area contributed by atoms with Gasteiger partial charge in [-0.15, -0.1) is 4.73 Å². The zero-order valence-electron chi connectivity index (χ0n) is 8.89. The maximum atomic E-state index is 9.23. The summed E-state index contributed by atoms with van der Waals surface area (Å²) in [5, 5.41) is 17.3. The van der Waals surface area contributed by atoms with E-state index in [1.54, 1.807) is 12.1 Å². The molecule has 1 aromatic heterocycles. The zero-order chi connectivity index (χ0) is 13.3. The quantitative estimate of drug-likeness (QED) is 0.738. The average molecular weight is 287 g/mol. The molecule has 0 saturated heterocycles. The Kier molecular flexibility index (Phi) is 3.31. The van der Waals surface area contributed by atoms with Gasteiger partial charge in [0.25, 0.3) is 5.62 Å². The number of hydrogen-bond acceptors (Lipinski definition) is 5. The van der Waals surface area contributed by atoms with Crippen molar-refractivity contribution in [1.29, 1.82) is 5.41 Å². The molecule has 2 rings (SSSR count). The Hall–Kier alpha value is -1.92. The Labute approximate surface area is 112 Å². The SMILES string of the molecule is N=c1nc(Oc2ccc(Cl)cc2Cl)cc(N)n1O. The molecule has 0 bridgehead atoms. The Morgan fingerprint density at radius 1 is 1.33 bits per heavy atom. The van der Waals surface area contributed by atoms with Crippen LogP contribution in [0.3, 0.4) is 0 Å². The van der Waals surface area contributed by atoms with Gasteiger partial charge < -0.3 is 15.7 Å². The number of halogens is 2. The maximum absolute atomic E-state index is 9.23. The van der Waals surface area contributed by atoms with Crippen LogP contribution in [0.4, 0.5) is 5.82 Å². The lowest BCUT2D eigenvalue weighted by molar-refractivity contribution is 0.170. The number of ether oxygens (including phenoxy) is 1. The van der Waals surface area contributed by atoms with Gasteiger partial charge in [0.1, 0.15) is 11.6 Å². The molecule has 0 saturated carbocycles. The molecule has 0 atom stereocenters. The minimum Gasteiger partial charge on any atom is -0.437 e. The van der Waals surface area contributed by atoms with E-state index in [0.29, 0.717) is 20.5 Å². The van der Waals surface area contributed by atoms with Crippen LogP contribution in [0.1, 0.15) is 0 Å². The first kappa shape index (κ1) is 12.5. The molecular weight excluding hydrogens is 279 g/mol. The molecule has 0 fully saturated rings. The number of aromatic nitrogens is 2. The number of anilines is 1. The van der Waals surface area contributed by atoms with Gasteiger partial charge in [-0.3, -0.25) is 5.41 Å². The molecule has 0 aliphatic carbocycles. The summed E-state index contributed by atoms with van der Waals surface area (Å²) < 4.78 is 5.78. The van der Waals surface area contributed by atoms with Crippen LogP contribution >= 0.6 is 23.2 Å². The van der Waals surface area contributed by atoms with Crippen LogP contribution in [0.25, 0.3) is 0 Å². The van der Waals surface area contributed by atoms with Crippen molar-refractivity contribution in [3.8, 4) is 11.6 Å². The van der Waals surface area contributed by atoms with Crippen LogP contribution in [-0.2, 0) is 0 Å². The smallest absolute Gasteiger partial charge is 0.260 e. The van der Waals surface area contributed by atoms with Crippen molar-refractivity contribution in [2.24, 2.45) is 0 Å². The molecular formula is C10H8Cl2N4O2. The van der Waals surface area contributed by atoms with Gasteiger partial charge in [-0.2, -0.15) is 4.98 Å². The van der Waals surface area contributed by atoms with Crippen molar-refractivity contribution in [3.63, 3.8) is 0 Å². The highest BCUT2D eigenvalue weighted by Gasteiger charge is 2.07. The monoisotopic (exact) mass is 286 g/mol. The van der Waals surface area contributed by atoms with Crippen LogP contribution < -0.4 is 16.1 Å². The highest BCUT2D eigenvalue weighted by atomic mass is 35.5. The summed E-state index contributed by atoms with van der Waals surface area (Å²) in [6.07, 6.45) is 0. The molecule has 0 unspecified atom stereocenters. The summed E-state index contributed by atoms with van der Waals surface area (Å²) >= 11 is 11.7. The predicted molar refractivity (Wildman–Crippen MR) is 66.2 cm³/mol. The van der Waals surface area contributed by atoms with Gasteiger partial charge in [0.05, 0.1) is 5.02 Å². The molecule has 0 amide bonds. The number of nitrogens with one attached hydrogen (secondary N) is 1. The molecule has 18 heavy (non-hydrogen) atoms. The normalized spacial score (nSPS) is 10.3. The summed E-state index contributed by atoms with van der Waals surface area (Å²) in [5.74, 6) is 0.296. The Morgan fingerprint density at radius 3 is 2.67 bits per heavy atom. The van der Waals surface area contributed by atoms with Crippen LogP contribution in [0.15, 0.2) is 24.3 Å². The predicted octanol–water partition coefficient (Wildman–Crippen LogP) is 2.28. The van der Waals surface area contributed by atoms with E-state index in [1.165, 1.54) is 12.1 Å². The lowest BCUT2D eigenvalue weighted by atomic mass is 10.3. The molecule has 0 aliphatic rings. The number of benzene rings is 1. The number of nitrogen functional groups attached to an aromatic ring is 1. The van der Waals surface area contributed by atoms with Gasteiger partial charge in [-0.1, -0.05) is 23.2 Å². The minimum absolute atomic E-state index is 0.0482. The minimum atomic E-state index is -0.449. The highest BCUT2D eigenvalue weighted by Crippen LogP contribution is 2.30. The third-order valence-corrected chi connectivity index (χ3v) is 2.57. The van der Waals surface area contributed by atoms with Gasteiger partial charge in [0.2, 0.25) is 5.88 Å². The molecule has 4 N–H and O–H groups in total. The van der Waals surface area contributed by atoms with E-state index in [1.807, 2.05) is 0 Å². The molecule has 0 radical (unpaired) electrons. The number of rotatable bonds is 2. The van der Waals surface area contributed by atoms with Gasteiger partial charge in [-0.05, 0) is 18.2 Å². The molecule has 8 heteroatoms. The largest absolute Gasteiger partial charge is 0.437 e. The van der Waals surface area contributed by atoms with E-state index in [0.717, 1.165) is 0 Å². The van der Waals surface area contributed by atoms with Crippen molar-refractivity contribution in [2.75, 3.05) is 5.73 Å². The van der Waals surface area contributed by atoms with Crippen LogP contribution in [-0.4, -0.2) is 14.9 Å². The summed E-state index contributed by atoms with van der Waals surface area (Å²) in [6, 6.07) is 5.94. The van der Waals surface area contributed by atoms with Gasteiger partial charge in [0, 0.05) is 11.1 Å². The van der Waals surface area contributed by atoms with Crippen molar-refractivity contribution < 1.29 is 9.94 Å². The number of nitrogens with zero attached hydrogens (tertiary/aromatic N) is 2. The second kappa shape index (κ2) is 4.75. The summed E-state index contributed by atoms with van der Waals surface area (Å²) in [5.41, 5.74) is 5.01. The van der Waals surface area contributed by atoms with E-state index >= 15 is 0 Å². The molecule has 94 valence electrons. The molecule has 2 aromatic rings. The summed E-state index contributed by atoms with van der Waals surface area (Å²) in [4.78, 5) is 3.68. The molecule has 1 heterocycles. The average Bonchev–Trinajstić information content (AvgIpc) is 2.29. The molecule has 1 aromatic carbocycles. The number of nitrogens with two attached hydrogens (primary N) is 1.